The van der Waals surface area contributed by atoms with Gasteiger partial charge in [0, 0.05) is 35.3 Å². The molecule has 9 nitrogen and oxygen atoms in total. The van der Waals surface area contributed by atoms with Crippen molar-refractivity contribution in [2.75, 3.05) is 6.54 Å². The fourth-order valence-electron chi connectivity index (χ4n) is 5.37. The van der Waals surface area contributed by atoms with Crippen LogP contribution in [0.15, 0.2) is 52.4 Å². The van der Waals surface area contributed by atoms with Crippen LogP contribution < -0.4 is 22.9 Å². The van der Waals surface area contributed by atoms with E-state index in [1.165, 1.54) is 19.3 Å². The Labute approximate surface area is 217 Å². The second-order valence-corrected chi connectivity index (χ2v) is 10.1. The molecule has 1 aliphatic rings. The lowest BCUT2D eigenvalue weighted by atomic mass is 9.97. The van der Waals surface area contributed by atoms with E-state index in [0.29, 0.717) is 52.0 Å². The maximum atomic E-state index is 13.7. The number of fused-ring (bicyclic) bond motifs is 1. The van der Waals surface area contributed by atoms with E-state index >= 15 is 0 Å². The molecule has 3 aromatic rings. The number of nitrogen functional groups attached to an aromatic ring is 1. The number of nitrogens with zero attached hydrogens (tertiary/aromatic N) is 4. The van der Waals surface area contributed by atoms with Gasteiger partial charge in [-0.05, 0) is 70.3 Å². The summed E-state index contributed by atoms with van der Waals surface area (Å²) < 4.78 is 1.78. The highest BCUT2D eigenvalue weighted by molar-refractivity contribution is 6.00. The van der Waals surface area contributed by atoms with Gasteiger partial charge in [-0.25, -0.2) is 4.98 Å². The molecule has 0 unspecified atom stereocenters. The van der Waals surface area contributed by atoms with Crippen molar-refractivity contribution < 1.29 is 0 Å². The maximum absolute atomic E-state index is 13.7. The van der Waals surface area contributed by atoms with Gasteiger partial charge in [0.05, 0.1) is 11.0 Å². The van der Waals surface area contributed by atoms with Crippen LogP contribution in [0, 0.1) is 5.41 Å². The summed E-state index contributed by atoms with van der Waals surface area (Å²) in [6, 6.07) is 13.8. The summed E-state index contributed by atoms with van der Waals surface area (Å²) in [5.41, 5.74) is 15.0. The molecular weight excluding hydrogens is 464 g/mol. The highest BCUT2D eigenvalue weighted by Gasteiger charge is 2.23. The monoisotopic (exact) mass is 502 g/mol. The fraction of sp³-hybridized carbons (Fsp3) is 0.429. The average molecular weight is 503 g/mol. The Bertz CT molecular complexity index is 1350. The molecule has 0 radical (unpaired) electrons. The van der Waals surface area contributed by atoms with Crippen molar-refractivity contribution in [1.29, 1.82) is 5.41 Å². The molecule has 1 saturated heterocycles. The molecule has 2 heterocycles. The zero-order chi connectivity index (χ0) is 26.5. The number of benzene rings is 2. The lowest BCUT2D eigenvalue weighted by Crippen LogP contribution is -2.44. The zero-order valence-corrected chi connectivity index (χ0v) is 21.8. The third-order valence-electron chi connectivity index (χ3n) is 7.50. The summed E-state index contributed by atoms with van der Waals surface area (Å²) in [5, 5.41) is 11.4. The van der Waals surface area contributed by atoms with Crippen molar-refractivity contribution in [2.45, 2.75) is 71.0 Å². The van der Waals surface area contributed by atoms with Crippen molar-refractivity contribution in [3.05, 3.63) is 63.9 Å². The number of likely N-dealkylation sites (tertiary alicyclic amines) is 1. The van der Waals surface area contributed by atoms with Gasteiger partial charge in [-0.3, -0.25) is 15.1 Å². The molecule has 4 rings (SSSR count). The molecule has 196 valence electrons. The van der Waals surface area contributed by atoms with Gasteiger partial charge in [0.1, 0.15) is 17.4 Å². The first-order valence-electron chi connectivity index (χ1n) is 13.1. The van der Waals surface area contributed by atoms with E-state index in [-0.39, 0.29) is 17.2 Å². The smallest absolute Gasteiger partial charge is 0.277 e. The van der Waals surface area contributed by atoms with Crippen LogP contribution in [0.5, 0.6) is 0 Å². The first-order chi connectivity index (χ1) is 17.8. The lowest BCUT2D eigenvalue weighted by molar-refractivity contribution is 0.101. The van der Waals surface area contributed by atoms with Crippen molar-refractivity contribution in [3.63, 3.8) is 0 Å². The Morgan fingerprint density at radius 2 is 1.76 bits per heavy atom. The number of aromatic nitrogens is 2. The molecule has 0 spiro atoms. The summed E-state index contributed by atoms with van der Waals surface area (Å²) >= 11 is 0. The standard InChI is InChI=1S/C28H38N8O/c1-18-8-6-9-19(2)35(18)14-4-3-5-15-36-24-17-22(27(31)34-32)12-13-23(24)33-25(28(36)37)20-10-7-11-21(16-20)26(29)30/h7,10-13,16-19H,3-6,8-9,14-15,32H2,1-2H3,(H3,29,30)(H2,31,34)/t18-,19+. The third kappa shape index (κ3) is 5.83. The van der Waals surface area contributed by atoms with Gasteiger partial charge >= 0.3 is 0 Å². The summed E-state index contributed by atoms with van der Waals surface area (Å²) in [7, 11) is 0. The van der Waals surface area contributed by atoms with Gasteiger partial charge < -0.3 is 21.9 Å². The van der Waals surface area contributed by atoms with Gasteiger partial charge in [0.15, 0.2) is 0 Å². The average Bonchev–Trinajstić information content (AvgIpc) is 2.90. The Morgan fingerprint density at radius 3 is 2.46 bits per heavy atom. The normalized spacial score (nSPS) is 18.8. The largest absolute Gasteiger partial charge is 0.384 e. The highest BCUT2D eigenvalue weighted by Crippen LogP contribution is 2.24. The van der Waals surface area contributed by atoms with E-state index in [1.807, 2.05) is 18.2 Å². The Kier molecular flexibility index (Phi) is 8.23. The quantitative estimate of drug-likeness (QED) is 0.116. The van der Waals surface area contributed by atoms with Gasteiger partial charge in [-0.1, -0.05) is 31.0 Å². The molecule has 1 aromatic heterocycles. The van der Waals surface area contributed by atoms with Crippen molar-refractivity contribution >= 4 is 22.7 Å². The van der Waals surface area contributed by atoms with Crippen LogP contribution in [-0.2, 0) is 6.54 Å². The topological polar surface area (TPSA) is 152 Å². The van der Waals surface area contributed by atoms with Crippen molar-refractivity contribution in [2.24, 2.45) is 22.4 Å². The van der Waals surface area contributed by atoms with E-state index < -0.39 is 0 Å². The molecule has 0 bridgehead atoms. The number of nitrogens with two attached hydrogens (primary N) is 3. The van der Waals surface area contributed by atoms with E-state index in [2.05, 4.69) is 23.8 Å². The van der Waals surface area contributed by atoms with Crippen LogP contribution in [0.4, 0.5) is 0 Å². The number of hydrogen-bond donors (Lipinski definition) is 4. The van der Waals surface area contributed by atoms with E-state index in [4.69, 9.17) is 27.7 Å². The third-order valence-corrected chi connectivity index (χ3v) is 7.50. The van der Waals surface area contributed by atoms with Crippen LogP contribution in [0.25, 0.3) is 22.3 Å². The number of amidine groups is 2. The number of hydrogen-bond acceptors (Lipinski definition) is 6. The number of aryl methyl sites for hydroxylation is 1. The van der Waals surface area contributed by atoms with Gasteiger partial charge in [-0.2, -0.15) is 5.10 Å². The van der Waals surface area contributed by atoms with Gasteiger partial charge in [0.25, 0.3) is 5.56 Å². The molecule has 0 saturated carbocycles. The molecule has 0 amide bonds. The lowest BCUT2D eigenvalue weighted by Gasteiger charge is -2.39. The minimum Gasteiger partial charge on any atom is -0.384 e. The molecule has 1 aliphatic heterocycles. The van der Waals surface area contributed by atoms with E-state index in [1.54, 1.807) is 28.8 Å². The number of nitrogens with one attached hydrogen (secondary N) is 1. The second-order valence-electron chi connectivity index (χ2n) is 10.1. The fourth-order valence-corrected chi connectivity index (χ4v) is 5.37. The minimum atomic E-state index is -0.188. The summed E-state index contributed by atoms with van der Waals surface area (Å²) in [5.74, 6) is 5.54. The highest BCUT2D eigenvalue weighted by atomic mass is 16.1. The first kappa shape index (κ1) is 26.3. The summed E-state index contributed by atoms with van der Waals surface area (Å²) in [4.78, 5) is 21.0. The number of rotatable bonds is 9. The van der Waals surface area contributed by atoms with Crippen LogP contribution in [0.3, 0.4) is 0 Å². The zero-order valence-electron chi connectivity index (χ0n) is 21.8. The SMILES string of the molecule is C[C@@H]1CCC[C@H](C)N1CCCCCn1c(=O)c(-c2cccc(C(=N)N)c2)nc2ccc(/C(N)=N/N)cc21. The molecule has 7 N–H and O–H groups in total. The maximum Gasteiger partial charge on any atom is 0.277 e. The van der Waals surface area contributed by atoms with Crippen molar-refractivity contribution in [1.82, 2.24) is 14.5 Å². The Hall–Kier alpha value is -3.72. The predicted molar refractivity (Wildman–Crippen MR) is 151 cm³/mol. The van der Waals surface area contributed by atoms with E-state index in [9.17, 15) is 4.79 Å². The number of hydrazone groups is 1. The molecular formula is C28H38N8O. The molecule has 2 atom stereocenters. The summed E-state index contributed by atoms with van der Waals surface area (Å²) in [6.45, 7) is 6.31. The van der Waals surface area contributed by atoms with E-state index in [0.717, 1.165) is 25.8 Å². The predicted octanol–water partition coefficient (Wildman–Crippen LogP) is 3.36. The molecule has 1 fully saturated rings. The number of piperidine rings is 1. The minimum absolute atomic E-state index is 0.0542. The van der Waals surface area contributed by atoms with Crippen molar-refractivity contribution in [3.8, 4) is 11.3 Å². The Morgan fingerprint density at radius 1 is 1.03 bits per heavy atom. The van der Waals surface area contributed by atoms with Gasteiger partial charge in [0.2, 0.25) is 0 Å². The Balaban J connectivity index is 1.63. The summed E-state index contributed by atoms with van der Waals surface area (Å²) in [6.07, 6.45) is 6.84. The molecule has 0 aliphatic carbocycles. The van der Waals surface area contributed by atoms with Crippen LogP contribution in [-0.4, -0.2) is 44.8 Å². The molecule has 37 heavy (non-hydrogen) atoms. The van der Waals surface area contributed by atoms with Crippen LogP contribution in [0.2, 0.25) is 0 Å². The molecule has 9 heteroatoms. The first-order valence-corrected chi connectivity index (χ1v) is 13.1. The number of unbranched alkanes of at least 4 members (excludes halogenated alkanes) is 2. The molecule has 2 aromatic carbocycles. The van der Waals surface area contributed by atoms with Gasteiger partial charge in [-0.15, -0.1) is 0 Å². The second kappa shape index (κ2) is 11.6. The van der Waals surface area contributed by atoms with Crippen LogP contribution in [0.1, 0.15) is 63.5 Å². The van der Waals surface area contributed by atoms with Crippen LogP contribution >= 0.6 is 0 Å².